The molecule has 1 fully saturated rings. The smallest absolute Gasteiger partial charge is 0.230 e. The van der Waals surface area contributed by atoms with E-state index < -0.39 is 0 Å². The lowest BCUT2D eigenvalue weighted by Crippen LogP contribution is -2.31. The topological polar surface area (TPSA) is 45.2 Å². The molecule has 0 aliphatic heterocycles. The van der Waals surface area contributed by atoms with Gasteiger partial charge in [-0.05, 0) is 67.3 Å². The summed E-state index contributed by atoms with van der Waals surface area (Å²) in [5.41, 5.74) is 2.62. The second-order valence-electron chi connectivity index (χ2n) is 8.69. The van der Waals surface area contributed by atoms with Crippen molar-refractivity contribution in [1.29, 1.82) is 0 Å². The molecule has 0 unspecified atom stereocenters. The quantitative estimate of drug-likeness (QED) is 0.363. The second kappa shape index (κ2) is 13.2. The Labute approximate surface area is 202 Å². The molecule has 32 heavy (non-hydrogen) atoms. The van der Waals surface area contributed by atoms with Crippen LogP contribution in [0.1, 0.15) is 63.6 Å². The number of carbonyl (C=O) groups is 1. The fourth-order valence-corrected chi connectivity index (χ4v) is 5.28. The van der Waals surface area contributed by atoms with Crippen LogP contribution in [0.25, 0.3) is 0 Å². The van der Waals surface area contributed by atoms with E-state index >= 15 is 0 Å². The lowest BCUT2D eigenvalue weighted by Gasteiger charge is -2.30. The van der Waals surface area contributed by atoms with Crippen molar-refractivity contribution in [3.05, 3.63) is 52.8 Å². The van der Waals surface area contributed by atoms with Gasteiger partial charge in [0.1, 0.15) is 0 Å². The maximum Gasteiger partial charge on any atom is 0.230 e. The number of halogens is 1. The number of nitrogens with one attached hydrogen (secondary N) is 1. The molecular weight excluding hydrogens is 438 g/mol. The van der Waals surface area contributed by atoms with Gasteiger partial charge in [-0.15, -0.1) is 11.8 Å². The van der Waals surface area contributed by atoms with Crippen LogP contribution >= 0.6 is 23.4 Å². The van der Waals surface area contributed by atoms with Crippen LogP contribution in [0.2, 0.25) is 5.02 Å². The van der Waals surface area contributed by atoms with Crippen LogP contribution in [-0.4, -0.2) is 34.6 Å². The summed E-state index contributed by atoms with van der Waals surface area (Å²) < 4.78 is 0. The van der Waals surface area contributed by atoms with Crippen LogP contribution in [-0.2, 0) is 17.8 Å². The molecule has 1 aromatic heterocycles. The summed E-state index contributed by atoms with van der Waals surface area (Å²) in [6, 6.07) is 9.82. The van der Waals surface area contributed by atoms with Crippen molar-refractivity contribution in [1.82, 2.24) is 9.88 Å². The average Bonchev–Trinajstić information content (AvgIpc) is 2.78. The molecule has 0 radical (unpaired) electrons. The maximum absolute atomic E-state index is 12.5. The number of aromatic nitrogens is 1. The number of hydrogen-bond acceptors (Lipinski definition) is 4. The minimum atomic E-state index is -0.0814. The first-order valence-corrected chi connectivity index (χ1v) is 13.3. The molecule has 1 saturated carbocycles. The Hall–Kier alpha value is -1.56. The second-order valence-corrected chi connectivity index (χ2v) is 10.4. The highest BCUT2D eigenvalue weighted by molar-refractivity contribution is 7.99. The largest absolute Gasteiger partial charge is 0.326 e. The van der Waals surface area contributed by atoms with E-state index in [2.05, 4.69) is 35.1 Å². The minimum absolute atomic E-state index is 0.0814. The molecule has 1 amide bonds. The van der Waals surface area contributed by atoms with Gasteiger partial charge in [-0.3, -0.25) is 14.7 Å². The van der Waals surface area contributed by atoms with Crippen molar-refractivity contribution in [3.63, 3.8) is 0 Å². The van der Waals surface area contributed by atoms with E-state index in [9.17, 15) is 4.79 Å². The molecule has 6 heteroatoms. The molecule has 2 aromatic rings. The number of carbonyl (C=O) groups excluding carboxylic acids is 1. The van der Waals surface area contributed by atoms with Gasteiger partial charge in [0, 0.05) is 40.6 Å². The fourth-order valence-electron chi connectivity index (χ4n) is 4.42. The van der Waals surface area contributed by atoms with Crippen LogP contribution in [0, 0.1) is 5.92 Å². The highest BCUT2D eigenvalue weighted by Crippen LogP contribution is 2.27. The molecule has 4 nitrogen and oxygen atoms in total. The predicted octanol–water partition coefficient (Wildman–Crippen LogP) is 6.82. The van der Waals surface area contributed by atoms with E-state index in [1.54, 1.807) is 11.8 Å². The first-order chi connectivity index (χ1) is 15.6. The van der Waals surface area contributed by atoms with Crippen molar-refractivity contribution >= 4 is 35.0 Å². The Morgan fingerprint density at radius 2 is 2.00 bits per heavy atom. The monoisotopic (exact) mass is 473 g/mol. The third-order valence-corrected chi connectivity index (χ3v) is 7.18. The number of rotatable bonds is 11. The molecule has 1 aromatic carbocycles. The van der Waals surface area contributed by atoms with Crippen LogP contribution in [0.5, 0.6) is 0 Å². The first-order valence-electron chi connectivity index (χ1n) is 12.0. The SMILES string of the molecule is CCCN(Cc1ccc(NC(=O)Cc2ccc(SCC)cn2)cc1Cl)CC1CCCCC1. The number of hydrogen-bond donors (Lipinski definition) is 1. The van der Waals surface area contributed by atoms with Gasteiger partial charge in [0.2, 0.25) is 5.91 Å². The lowest BCUT2D eigenvalue weighted by molar-refractivity contribution is -0.115. The summed E-state index contributed by atoms with van der Waals surface area (Å²) in [5, 5.41) is 3.67. The van der Waals surface area contributed by atoms with Crippen molar-refractivity contribution < 1.29 is 4.79 Å². The summed E-state index contributed by atoms with van der Waals surface area (Å²) in [7, 11) is 0. The summed E-state index contributed by atoms with van der Waals surface area (Å²) in [4.78, 5) is 20.5. The molecule has 0 atom stereocenters. The minimum Gasteiger partial charge on any atom is -0.326 e. The van der Waals surface area contributed by atoms with Crippen molar-refractivity contribution in [2.45, 2.75) is 70.2 Å². The lowest BCUT2D eigenvalue weighted by atomic mass is 9.89. The summed E-state index contributed by atoms with van der Waals surface area (Å²) in [6.45, 7) is 7.46. The van der Waals surface area contributed by atoms with Crippen LogP contribution in [0.4, 0.5) is 5.69 Å². The molecule has 1 N–H and O–H groups in total. The number of nitrogens with zero attached hydrogens (tertiary/aromatic N) is 2. The van der Waals surface area contributed by atoms with E-state index in [0.29, 0.717) is 5.02 Å². The number of anilines is 1. The molecule has 1 heterocycles. The standard InChI is InChI=1S/C26H36ClN3OS/c1-3-14-30(18-20-8-6-5-7-9-20)19-21-10-11-23(15-25(21)27)29-26(31)16-22-12-13-24(17-28-22)32-4-2/h10-13,15,17,20H,3-9,14,16,18-19H2,1-2H3,(H,29,31). The van der Waals surface area contributed by atoms with E-state index in [4.69, 9.17) is 11.6 Å². The van der Waals surface area contributed by atoms with E-state index in [1.165, 1.54) is 32.1 Å². The molecule has 174 valence electrons. The third kappa shape index (κ3) is 8.09. The fraction of sp³-hybridized carbons (Fsp3) is 0.538. The number of benzene rings is 1. The zero-order valence-corrected chi connectivity index (χ0v) is 21.0. The number of thioether (sulfide) groups is 1. The van der Waals surface area contributed by atoms with Gasteiger partial charge in [-0.2, -0.15) is 0 Å². The zero-order chi connectivity index (χ0) is 22.8. The van der Waals surface area contributed by atoms with Gasteiger partial charge in [0.05, 0.1) is 6.42 Å². The third-order valence-electron chi connectivity index (χ3n) is 5.96. The molecule has 1 aliphatic rings. The molecule has 1 aliphatic carbocycles. The Bertz CT molecular complexity index is 853. The molecule has 3 rings (SSSR count). The van der Waals surface area contributed by atoms with Crippen LogP contribution in [0.15, 0.2) is 41.4 Å². The normalized spacial score (nSPS) is 14.6. The Morgan fingerprint density at radius 1 is 1.19 bits per heavy atom. The van der Waals surface area contributed by atoms with E-state index in [0.717, 1.165) is 59.6 Å². The maximum atomic E-state index is 12.5. The Kier molecular flexibility index (Phi) is 10.4. The van der Waals surface area contributed by atoms with Crippen LogP contribution < -0.4 is 5.32 Å². The van der Waals surface area contributed by atoms with Crippen molar-refractivity contribution in [2.24, 2.45) is 5.92 Å². The highest BCUT2D eigenvalue weighted by Gasteiger charge is 2.18. The van der Waals surface area contributed by atoms with Gasteiger partial charge in [0.15, 0.2) is 0 Å². The molecule has 0 saturated heterocycles. The van der Waals surface area contributed by atoms with Gasteiger partial charge in [-0.25, -0.2) is 0 Å². The molecule has 0 bridgehead atoms. The van der Waals surface area contributed by atoms with Crippen molar-refractivity contribution in [3.8, 4) is 0 Å². The Morgan fingerprint density at radius 3 is 2.66 bits per heavy atom. The number of pyridine rings is 1. The van der Waals surface area contributed by atoms with Gasteiger partial charge >= 0.3 is 0 Å². The summed E-state index contributed by atoms with van der Waals surface area (Å²) >= 11 is 8.36. The van der Waals surface area contributed by atoms with Gasteiger partial charge in [-0.1, -0.05) is 50.8 Å². The number of amides is 1. The first kappa shape index (κ1) is 25.1. The Balaban J connectivity index is 1.55. The summed E-state index contributed by atoms with van der Waals surface area (Å²) in [6.07, 6.45) is 10.1. The van der Waals surface area contributed by atoms with Crippen LogP contribution in [0.3, 0.4) is 0 Å². The average molecular weight is 474 g/mol. The van der Waals surface area contributed by atoms with Gasteiger partial charge < -0.3 is 5.32 Å². The predicted molar refractivity (Wildman–Crippen MR) is 137 cm³/mol. The van der Waals surface area contributed by atoms with E-state index in [-0.39, 0.29) is 12.3 Å². The summed E-state index contributed by atoms with van der Waals surface area (Å²) in [5.74, 6) is 1.74. The highest BCUT2D eigenvalue weighted by atomic mass is 35.5. The molecular formula is C26H36ClN3OS. The molecule has 0 spiro atoms. The van der Waals surface area contributed by atoms with Crippen molar-refractivity contribution in [2.75, 3.05) is 24.2 Å². The zero-order valence-electron chi connectivity index (χ0n) is 19.4. The van der Waals surface area contributed by atoms with Gasteiger partial charge in [0.25, 0.3) is 0 Å². The van der Waals surface area contributed by atoms with E-state index in [1.807, 2.05) is 30.5 Å².